The molecule has 2 amide bonds. The van der Waals surface area contributed by atoms with Gasteiger partial charge in [0.2, 0.25) is 5.43 Å². The number of carbonyl (C=O) groups excluding carboxylic acids is 1. The summed E-state index contributed by atoms with van der Waals surface area (Å²) in [4.78, 5) is 32.8. The van der Waals surface area contributed by atoms with Crippen molar-refractivity contribution >= 4 is 39.2 Å². The first kappa shape index (κ1) is 20.7. The number of hydrogen-bond acceptors (Lipinski definition) is 4. The molecule has 0 unspecified atom stereocenters. The van der Waals surface area contributed by atoms with Crippen molar-refractivity contribution in [2.24, 2.45) is 0 Å². The molecule has 0 bridgehead atoms. The molecule has 2 N–H and O–H groups in total. The highest BCUT2D eigenvalue weighted by molar-refractivity contribution is 6.06. The fourth-order valence-electron chi connectivity index (χ4n) is 4.22. The number of aryl methyl sites for hydroxylation is 1. The van der Waals surface area contributed by atoms with E-state index in [-0.39, 0.29) is 11.1 Å². The molecule has 2 aromatic carbocycles. The van der Waals surface area contributed by atoms with E-state index in [1.807, 2.05) is 31.2 Å². The average Bonchev–Trinajstić information content (AvgIpc) is 2.81. The topological polar surface area (TPSA) is 79.3 Å². The second kappa shape index (κ2) is 8.26. The van der Waals surface area contributed by atoms with Crippen molar-refractivity contribution in [1.29, 1.82) is 0 Å². The van der Waals surface area contributed by atoms with Crippen LogP contribution in [0.25, 0.3) is 33.2 Å². The summed E-state index contributed by atoms with van der Waals surface area (Å²) in [6.45, 7) is 8.70. The zero-order valence-electron chi connectivity index (χ0n) is 18.3. The molecule has 7 heteroatoms. The fraction of sp³-hybridized carbons (Fsp3) is 0.292. The highest BCUT2D eigenvalue weighted by atomic mass is 16.2. The van der Waals surface area contributed by atoms with Gasteiger partial charge >= 0.3 is 6.03 Å². The number of nitrogens with one attached hydrogen (secondary N) is 2. The predicted octanol–water partition coefficient (Wildman–Crippen LogP) is 4.27. The van der Waals surface area contributed by atoms with Crippen LogP contribution in [0, 0.1) is 0 Å². The molecule has 0 saturated carbocycles. The van der Waals surface area contributed by atoms with Gasteiger partial charge in [0.1, 0.15) is 5.69 Å². The molecule has 1 aliphatic heterocycles. The number of aromatic nitrogens is 2. The third kappa shape index (κ3) is 3.36. The summed E-state index contributed by atoms with van der Waals surface area (Å²) < 4.78 is 2.07. The lowest BCUT2D eigenvalue weighted by Gasteiger charge is -2.25. The van der Waals surface area contributed by atoms with Crippen LogP contribution >= 0.6 is 0 Å². The summed E-state index contributed by atoms with van der Waals surface area (Å²) in [6, 6.07) is 13.2. The van der Waals surface area contributed by atoms with Gasteiger partial charge in [0, 0.05) is 43.1 Å². The summed E-state index contributed by atoms with van der Waals surface area (Å²) in [6.07, 6.45) is 0. The Bertz CT molecular complexity index is 1310. The van der Waals surface area contributed by atoms with E-state index in [1.165, 1.54) is 7.05 Å². The highest BCUT2D eigenvalue weighted by Crippen LogP contribution is 2.36. The van der Waals surface area contributed by atoms with Gasteiger partial charge in [-0.05, 0) is 39.0 Å². The Morgan fingerprint density at radius 3 is 2.42 bits per heavy atom. The van der Waals surface area contributed by atoms with Crippen LogP contribution in [0.1, 0.15) is 20.8 Å². The zero-order valence-corrected chi connectivity index (χ0v) is 18.3. The number of benzene rings is 3. The molecular weight excluding hydrogens is 390 g/mol. The van der Waals surface area contributed by atoms with Crippen molar-refractivity contribution in [2.45, 2.75) is 27.3 Å². The number of urea groups is 1. The third-order valence-electron chi connectivity index (χ3n) is 5.78. The number of amides is 2. The van der Waals surface area contributed by atoms with Gasteiger partial charge in [0.05, 0.1) is 22.4 Å². The average molecular weight is 418 g/mol. The van der Waals surface area contributed by atoms with Crippen LogP contribution in [0.2, 0.25) is 0 Å². The van der Waals surface area contributed by atoms with E-state index in [9.17, 15) is 9.59 Å². The minimum Gasteiger partial charge on any atom is -0.372 e. The first-order chi connectivity index (χ1) is 15.0. The van der Waals surface area contributed by atoms with Crippen LogP contribution in [0.3, 0.4) is 0 Å². The van der Waals surface area contributed by atoms with Crippen LogP contribution in [0.4, 0.5) is 16.2 Å². The fourth-order valence-corrected chi connectivity index (χ4v) is 4.22. The Kier molecular flexibility index (Phi) is 5.50. The van der Waals surface area contributed by atoms with Gasteiger partial charge < -0.3 is 20.1 Å². The maximum Gasteiger partial charge on any atom is 0.319 e. The second-order valence-corrected chi connectivity index (χ2v) is 7.35. The summed E-state index contributed by atoms with van der Waals surface area (Å²) in [7, 11) is 1.53. The third-order valence-corrected chi connectivity index (χ3v) is 5.78. The minimum atomic E-state index is -0.437. The molecule has 1 heterocycles. The van der Waals surface area contributed by atoms with Crippen molar-refractivity contribution in [3.8, 4) is 11.4 Å². The highest BCUT2D eigenvalue weighted by Gasteiger charge is 2.24. The van der Waals surface area contributed by atoms with Gasteiger partial charge in [-0.15, -0.1) is 0 Å². The number of fused-ring (bicyclic) bond motifs is 4. The van der Waals surface area contributed by atoms with Crippen LogP contribution in [-0.2, 0) is 6.54 Å². The predicted molar refractivity (Wildman–Crippen MR) is 127 cm³/mol. The van der Waals surface area contributed by atoms with Crippen molar-refractivity contribution in [1.82, 2.24) is 14.9 Å². The van der Waals surface area contributed by atoms with E-state index in [0.717, 1.165) is 35.2 Å². The normalized spacial score (nSPS) is 11.2. The number of nitrogens with zero attached hydrogens (tertiary/aromatic N) is 3. The van der Waals surface area contributed by atoms with Gasteiger partial charge in [-0.3, -0.25) is 4.79 Å². The Morgan fingerprint density at radius 2 is 1.77 bits per heavy atom. The Labute approximate surface area is 181 Å². The SMILES string of the molecule is CCN(CC)c1ccc2nc3c4ccccc4c(=O)c(NC(=O)NC)c-3n(CC)c2c1. The van der Waals surface area contributed by atoms with Crippen LogP contribution in [0.15, 0.2) is 47.3 Å². The molecule has 1 aliphatic carbocycles. The summed E-state index contributed by atoms with van der Waals surface area (Å²) in [5.74, 6) is 0. The Hall–Kier alpha value is -3.61. The molecule has 0 saturated heterocycles. The van der Waals surface area contributed by atoms with Gasteiger partial charge in [-0.2, -0.15) is 0 Å². The minimum absolute atomic E-state index is 0.213. The Morgan fingerprint density at radius 1 is 1.06 bits per heavy atom. The zero-order chi connectivity index (χ0) is 22.1. The molecule has 0 atom stereocenters. The number of anilines is 2. The molecular formula is C24H27N5O2. The van der Waals surface area contributed by atoms with Crippen molar-refractivity contribution in [2.75, 3.05) is 30.4 Å². The van der Waals surface area contributed by atoms with Crippen molar-refractivity contribution < 1.29 is 4.79 Å². The molecule has 4 rings (SSSR count). The van der Waals surface area contributed by atoms with E-state index >= 15 is 0 Å². The summed E-state index contributed by atoms with van der Waals surface area (Å²) in [5, 5.41) is 6.62. The van der Waals surface area contributed by atoms with E-state index in [2.05, 4.69) is 46.1 Å². The van der Waals surface area contributed by atoms with Crippen molar-refractivity contribution in [3.63, 3.8) is 0 Å². The maximum atomic E-state index is 13.4. The molecule has 7 nitrogen and oxygen atoms in total. The molecule has 0 spiro atoms. The first-order valence-corrected chi connectivity index (χ1v) is 10.7. The smallest absolute Gasteiger partial charge is 0.319 e. The molecule has 2 aliphatic rings. The maximum absolute atomic E-state index is 13.4. The summed E-state index contributed by atoms with van der Waals surface area (Å²) >= 11 is 0. The van der Waals surface area contributed by atoms with E-state index in [4.69, 9.17) is 4.98 Å². The molecule has 0 aromatic heterocycles. The number of hydrogen-bond donors (Lipinski definition) is 2. The van der Waals surface area contributed by atoms with E-state index < -0.39 is 6.03 Å². The van der Waals surface area contributed by atoms with Gasteiger partial charge in [0.25, 0.3) is 0 Å². The standard InChI is InChI=1S/C24H27N5O2/c1-5-28(6-2)15-12-13-18-19(14-15)29(7-3)22-20(26-18)16-10-8-9-11-17(16)23(30)21(22)27-24(31)25-4/h8-14H,5-7H2,1-4H3,(H2,25,27,31). The largest absolute Gasteiger partial charge is 0.372 e. The van der Waals surface area contributed by atoms with E-state index in [0.29, 0.717) is 23.3 Å². The number of carbonyl (C=O) groups is 1. The lowest BCUT2D eigenvalue weighted by atomic mass is 10.0. The molecule has 160 valence electrons. The van der Waals surface area contributed by atoms with Crippen molar-refractivity contribution in [3.05, 3.63) is 52.7 Å². The van der Waals surface area contributed by atoms with E-state index in [1.54, 1.807) is 6.07 Å². The van der Waals surface area contributed by atoms with Crippen LogP contribution < -0.4 is 21.0 Å². The number of rotatable bonds is 5. The first-order valence-electron chi connectivity index (χ1n) is 10.7. The monoisotopic (exact) mass is 417 g/mol. The molecule has 2 aromatic rings. The van der Waals surface area contributed by atoms with Gasteiger partial charge in [0.15, 0.2) is 0 Å². The summed E-state index contributed by atoms with van der Waals surface area (Å²) in [5.41, 5.74) is 4.25. The lowest BCUT2D eigenvalue weighted by Crippen LogP contribution is -2.29. The Balaban J connectivity index is 2.17. The van der Waals surface area contributed by atoms with Gasteiger partial charge in [-0.25, -0.2) is 9.78 Å². The molecule has 0 fully saturated rings. The molecule has 31 heavy (non-hydrogen) atoms. The van der Waals surface area contributed by atoms with Crippen LogP contribution in [0.5, 0.6) is 0 Å². The lowest BCUT2D eigenvalue weighted by molar-refractivity contribution is 0.254. The quantitative estimate of drug-likeness (QED) is 0.375. The van der Waals surface area contributed by atoms with Crippen LogP contribution in [-0.4, -0.2) is 35.7 Å². The molecule has 0 radical (unpaired) electrons. The second-order valence-electron chi connectivity index (χ2n) is 7.35. The van der Waals surface area contributed by atoms with Gasteiger partial charge in [-0.1, -0.05) is 24.3 Å².